The van der Waals surface area contributed by atoms with Crippen molar-refractivity contribution in [2.45, 2.75) is 45.1 Å². The van der Waals surface area contributed by atoms with Crippen molar-refractivity contribution in [3.8, 4) is 0 Å². The number of nitrogens with one attached hydrogen (secondary N) is 1. The van der Waals surface area contributed by atoms with Crippen LogP contribution >= 0.6 is 15.9 Å². The smallest absolute Gasteiger partial charge is 0.224 e. The number of carbonyl (C=O) groups excluding carboxylic acids is 1. The van der Waals surface area contributed by atoms with Gasteiger partial charge in [0.15, 0.2) is 0 Å². The van der Waals surface area contributed by atoms with Crippen LogP contribution in [0.4, 0.5) is 5.69 Å². The van der Waals surface area contributed by atoms with E-state index in [9.17, 15) is 4.79 Å². The highest BCUT2D eigenvalue weighted by Crippen LogP contribution is 2.22. The highest BCUT2D eigenvalue weighted by Gasteiger charge is 2.17. The van der Waals surface area contributed by atoms with E-state index in [0.29, 0.717) is 6.42 Å². The summed E-state index contributed by atoms with van der Waals surface area (Å²) in [6.45, 7) is 2.93. The van der Waals surface area contributed by atoms with E-state index < -0.39 is 0 Å². The zero-order valence-corrected chi connectivity index (χ0v) is 12.8. The van der Waals surface area contributed by atoms with Crippen molar-refractivity contribution in [1.82, 2.24) is 0 Å². The monoisotopic (exact) mass is 325 g/mol. The summed E-state index contributed by atoms with van der Waals surface area (Å²) in [7, 11) is 0. The van der Waals surface area contributed by atoms with Gasteiger partial charge in [0.2, 0.25) is 5.91 Å². The first-order chi connectivity index (χ1) is 9.19. The second-order valence-electron chi connectivity index (χ2n) is 4.88. The van der Waals surface area contributed by atoms with Crippen LogP contribution in [0.5, 0.6) is 0 Å². The van der Waals surface area contributed by atoms with E-state index in [1.807, 2.05) is 12.1 Å². The highest BCUT2D eigenvalue weighted by molar-refractivity contribution is 9.10. The molecule has 0 bridgehead atoms. The minimum atomic E-state index is 0.0764. The van der Waals surface area contributed by atoms with E-state index >= 15 is 0 Å². The summed E-state index contributed by atoms with van der Waals surface area (Å²) >= 11 is 3.45. The third-order valence-electron chi connectivity index (χ3n) is 3.44. The number of hydrogen-bond donors (Lipinski definition) is 1. The quantitative estimate of drug-likeness (QED) is 0.891. The predicted octanol–water partition coefficient (Wildman–Crippen LogP) is 3.91. The summed E-state index contributed by atoms with van der Waals surface area (Å²) in [6, 6.07) is 5.96. The Morgan fingerprint density at radius 3 is 3.05 bits per heavy atom. The van der Waals surface area contributed by atoms with E-state index in [1.165, 1.54) is 0 Å². The SMILES string of the molecule is CCc1cc(Br)ccc1NC(=O)CCC1CCCO1. The molecule has 1 aromatic carbocycles. The first kappa shape index (κ1) is 14.5. The summed E-state index contributed by atoms with van der Waals surface area (Å²) in [5.74, 6) is 0.0764. The predicted molar refractivity (Wildman–Crippen MR) is 80.4 cm³/mol. The Bertz CT molecular complexity index is 442. The van der Waals surface area contributed by atoms with Gasteiger partial charge in [0, 0.05) is 23.2 Å². The lowest BCUT2D eigenvalue weighted by Gasteiger charge is -2.12. The lowest BCUT2D eigenvalue weighted by Crippen LogP contribution is -2.16. The number of ether oxygens (including phenoxy) is 1. The normalized spacial score (nSPS) is 18.5. The van der Waals surface area contributed by atoms with E-state index in [0.717, 1.165) is 48.0 Å². The Balaban J connectivity index is 1.87. The minimum Gasteiger partial charge on any atom is -0.378 e. The van der Waals surface area contributed by atoms with E-state index in [2.05, 4.69) is 34.2 Å². The molecule has 1 atom stereocenters. The van der Waals surface area contributed by atoms with Crippen molar-refractivity contribution in [3.63, 3.8) is 0 Å². The molecule has 0 aliphatic carbocycles. The van der Waals surface area contributed by atoms with Crippen LogP contribution < -0.4 is 5.32 Å². The molecule has 1 fully saturated rings. The first-order valence-electron chi connectivity index (χ1n) is 6.89. The van der Waals surface area contributed by atoms with Crippen LogP contribution in [-0.2, 0) is 16.0 Å². The summed E-state index contributed by atoms with van der Waals surface area (Å²) in [5, 5.41) is 3.00. The van der Waals surface area contributed by atoms with Crippen molar-refractivity contribution in [2.24, 2.45) is 0 Å². The van der Waals surface area contributed by atoms with Crippen molar-refractivity contribution >= 4 is 27.5 Å². The number of rotatable bonds is 5. The molecule has 1 saturated heterocycles. The van der Waals surface area contributed by atoms with Gasteiger partial charge in [0.1, 0.15) is 0 Å². The molecule has 0 radical (unpaired) electrons. The van der Waals surface area contributed by atoms with E-state index in [-0.39, 0.29) is 12.0 Å². The maximum atomic E-state index is 11.9. The molecule has 1 heterocycles. The number of anilines is 1. The molecule has 1 N–H and O–H groups in total. The number of hydrogen-bond acceptors (Lipinski definition) is 2. The molecule has 0 aromatic heterocycles. The molecule has 4 heteroatoms. The van der Waals surface area contributed by atoms with Crippen LogP contribution in [0, 0.1) is 0 Å². The molecule has 1 aliphatic heterocycles. The van der Waals surface area contributed by atoms with Gasteiger partial charge in [-0.1, -0.05) is 22.9 Å². The zero-order chi connectivity index (χ0) is 13.7. The molecule has 1 unspecified atom stereocenters. The number of aryl methyl sites for hydroxylation is 1. The molecule has 1 aromatic rings. The van der Waals surface area contributed by atoms with Gasteiger partial charge in [-0.3, -0.25) is 4.79 Å². The molecule has 19 heavy (non-hydrogen) atoms. The summed E-state index contributed by atoms with van der Waals surface area (Å²) in [5.41, 5.74) is 2.07. The Labute approximate surface area is 122 Å². The van der Waals surface area contributed by atoms with Gasteiger partial charge in [-0.25, -0.2) is 0 Å². The molecule has 104 valence electrons. The number of halogens is 1. The van der Waals surface area contributed by atoms with Crippen LogP contribution in [-0.4, -0.2) is 18.6 Å². The Morgan fingerprint density at radius 1 is 1.53 bits per heavy atom. The van der Waals surface area contributed by atoms with Crippen LogP contribution in [0.15, 0.2) is 22.7 Å². The van der Waals surface area contributed by atoms with Crippen LogP contribution in [0.3, 0.4) is 0 Å². The summed E-state index contributed by atoms with van der Waals surface area (Å²) in [6.07, 6.45) is 4.75. The first-order valence-corrected chi connectivity index (χ1v) is 7.68. The fourth-order valence-corrected chi connectivity index (χ4v) is 2.76. The molecule has 0 saturated carbocycles. The van der Waals surface area contributed by atoms with Gasteiger partial charge < -0.3 is 10.1 Å². The van der Waals surface area contributed by atoms with Crippen LogP contribution in [0.1, 0.15) is 38.2 Å². The summed E-state index contributed by atoms with van der Waals surface area (Å²) < 4.78 is 6.57. The molecule has 3 nitrogen and oxygen atoms in total. The van der Waals surface area contributed by atoms with Crippen molar-refractivity contribution in [3.05, 3.63) is 28.2 Å². The summed E-state index contributed by atoms with van der Waals surface area (Å²) in [4.78, 5) is 11.9. The van der Waals surface area contributed by atoms with Crippen molar-refractivity contribution < 1.29 is 9.53 Å². The Kier molecular flexibility index (Phi) is 5.40. The fourth-order valence-electron chi connectivity index (χ4n) is 2.35. The fraction of sp³-hybridized carbons (Fsp3) is 0.533. The van der Waals surface area contributed by atoms with Gasteiger partial charge in [-0.2, -0.15) is 0 Å². The Morgan fingerprint density at radius 2 is 2.37 bits per heavy atom. The number of benzene rings is 1. The van der Waals surface area contributed by atoms with Gasteiger partial charge >= 0.3 is 0 Å². The molecular weight excluding hydrogens is 306 g/mol. The third-order valence-corrected chi connectivity index (χ3v) is 3.93. The van der Waals surface area contributed by atoms with Crippen molar-refractivity contribution in [2.75, 3.05) is 11.9 Å². The Hall–Kier alpha value is -0.870. The molecule has 1 amide bonds. The maximum Gasteiger partial charge on any atom is 0.224 e. The van der Waals surface area contributed by atoms with Crippen molar-refractivity contribution in [1.29, 1.82) is 0 Å². The van der Waals surface area contributed by atoms with E-state index in [4.69, 9.17) is 4.74 Å². The third kappa shape index (κ3) is 4.32. The molecule has 0 spiro atoms. The lowest BCUT2D eigenvalue weighted by atomic mass is 10.1. The van der Waals surface area contributed by atoms with Crippen LogP contribution in [0.25, 0.3) is 0 Å². The maximum absolute atomic E-state index is 11.9. The standard InChI is InChI=1S/C15H20BrNO2/c1-2-11-10-12(16)5-7-14(11)17-15(18)8-6-13-4-3-9-19-13/h5,7,10,13H,2-4,6,8-9H2,1H3,(H,17,18). The van der Waals surface area contributed by atoms with E-state index in [1.54, 1.807) is 0 Å². The highest BCUT2D eigenvalue weighted by atomic mass is 79.9. The molecular formula is C15H20BrNO2. The van der Waals surface area contributed by atoms with Gasteiger partial charge in [0.25, 0.3) is 0 Å². The second-order valence-corrected chi connectivity index (χ2v) is 5.79. The minimum absolute atomic E-state index is 0.0764. The lowest BCUT2D eigenvalue weighted by molar-refractivity contribution is -0.116. The molecule has 1 aliphatic rings. The topological polar surface area (TPSA) is 38.3 Å². The van der Waals surface area contributed by atoms with Crippen LogP contribution in [0.2, 0.25) is 0 Å². The molecule has 2 rings (SSSR count). The van der Waals surface area contributed by atoms with Gasteiger partial charge in [-0.15, -0.1) is 0 Å². The second kappa shape index (κ2) is 7.06. The average molecular weight is 326 g/mol. The van der Waals surface area contributed by atoms with Gasteiger partial charge in [-0.05, 0) is 49.4 Å². The van der Waals surface area contributed by atoms with Gasteiger partial charge in [0.05, 0.1) is 6.10 Å². The number of carbonyl (C=O) groups is 1. The average Bonchev–Trinajstić information content (AvgIpc) is 2.91. The number of amides is 1. The zero-order valence-electron chi connectivity index (χ0n) is 11.2. The largest absolute Gasteiger partial charge is 0.378 e.